The molecule has 1 heterocycles. The average Bonchev–Trinajstić information content (AvgIpc) is 3.24. The van der Waals surface area contributed by atoms with Crippen molar-refractivity contribution in [3.05, 3.63) is 58.5 Å². The van der Waals surface area contributed by atoms with Gasteiger partial charge in [-0.3, -0.25) is 4.79 Å². The van der Waals surface area contributed by atoms with Crippen molar-refractivity contribution >= 4 is 18.3 Å². The number of carbonyl (C=O) groups excluding carboxylic acids is 1. The van der Waals surface area contributed by atoms with Crippen molar-refractivity contribution in [2.24, 2.45) is 5.73 Å². The first-order valence-electron chi connectivity index (χ1n) is 7.73. The molecule has 0 radical (unpaired) electrons. The van der Waals surface area contributed by atoms with E-state index in [1.807, 2.05) is 4.90 Å². The molecule has 1 amide bonds. The summed E-state index contributed by atoms with van der Waals surface area (Å²) in [5.74, 6) is 0.675. The Hall–Kier alpha value is -1.78. The lowest BCUT2D eigenvalue weighted by Gasteiger charge is -2.22. The molecule has 3 rings (SSSR count). The highest BCUT2D eigenvalue weighted by Gasteiger charge is 2.33. The molecule has 0 saturated heterocycles. The van der Waals surface area contributed by atoms with Gasteiger partial charge >= 0.3 is 0 Å². The highest BCUT2D eigenvalue weighted by Crippen LogP contribution is 2.30. The van der Waals surface area contributed by atoms with Gasteiger partial charge in [0.1, 0.15) is 12.0 Å². The lowest BCUT2D eigenvalue weighted by molar-refractivity contribution is 0.0729. The van der Waals surface area contributed by atoms with Crippen LogP contribution in [0, 0.1) is 13.8 Å². The number of aryl methyl sites for hydroxylation is 2. The van der Waals surface area contributed by atoms with Gasteiger partial charge in [0.15, 0.2) is 0 Å². The lowest BCUT2D eigenvalue weighted by atomic mass is 10.1. The minimum absolute atomic E-state index is 0. The zero-order valence-electron chi connectivity index (χ0n) is 13.5. The van der Waals surface area contributed by atoms with Gasteiger partial charge in [0.2, 0.25) is 0 Å². The summed E-state index contributed by atoms with van der Waals surface area (Å²) in [4.78, 5) is 14.7. The number of rotatable bonds is 5. The first kappa shape index (κ1) is 17.6. The molecular formula is C18H23ClN2O2. The monoisotopic (exact) mass is 334 g/mol. The SMILES string of the molecule is Cc1ccc(CN(C(=O)c2coc(CN)c2)C2CC2)cc1C.Cl. The zero-order chi connectivity index (χ0) is 15.7. The van der Waals surface area contributed by atoms with Gasteiger partial charge in [-0.05, 0) is 49.4 Å². The summed E-state index contributed by atoms with van der Waals surface area (Å²) < 4.78 is 5.30. The largest absolute Gasteiger partial charge is 0.467 e. The standard InChI is InChI=1S/C18H22N2O2.ClH/c1-12-3-4-14(7-13(12)2)10-20(16-5-6-16)18(21)15-8-17(9-19)22-11-15;/h3-4,7-8,11,16H,5-6,9-10,19H2,1-2H3;1H. The summed E-state index contributed by atoms with van der Waals surface area (Å²) in [5.41, 5.74) is 9.85. The molecule has 0 aliphatic heterocycles. The number of amides is 1. The van der Waals surface area contributed by atoms with E-state index in [9.17, 15) is 4.79 Å². The molecule has 1 aliphatic carbocycles. The van der Waals surface area contributed by atoms with Crippen LogP contribution in [0.15, 0.2) is 34.9 Å². The number of nitrogens with zero attached hydrogens (tertiary/aromatic N) is 1. The Morgan fingerprint density at radius 2 is 2.00 bits per heavy atom. The molecule has 0 bridgehead atoms. The van der Waals surface area contributed by atoms with Crippen LogP contribution in [0.5, 0.6) is 0 Å². The van der Waals surface area contributed by atoms with Gasteiger partial charge in [0.25, 0.3) is 5.91 Å². The van der Waals surface area contributed by atoms with Crippen molar-refractivity contribution in [1.82, 2.24) is 4.90 Å². The molecule has 2 N–H and O–H groups in total. The van der Waals surface area contributed by atoms with E-state index < -0.39 is 0 Å². The summed E-state index contributed by atoms with van der Waals surface area (Å²) in [6.45, 7) is 5.16. The smallest absolute Gasteiger partial charge is 0.257 e. The molecule has 1 aromatic carbocycles. The number of hydrogen-bond donors (Lipinski definition) is 1. The van der Waals surface area contributed by atoms with E-state index in [0.29, 0.717) is 30.5 Å². The fourth-order valence-electron chi connectivity index (χ4n) is 2.62. The van der Waals surface area contributed by atoms with Crippen molar-refractivity contribution in [2.45, 2.75) is 45.8 Å². The Labute approximate surface area is 143 Å². The van der Waals surface area contributed by atoms with E-state index in [1.165, 1.54) is 23.0 Å². The quantitative estimate of drug-likeness (QED) is 0.909. The third kappa shape index (κ3) is 3.95. The topological polar surface area (TPSA) is 59.5 Å². The maximum absolute atomic E-state index is 12.7. The van der Waals surface area contributed by atoms with Crippen LogP contribution in [0.1, 0.15) is 45.7 Å². The van der Waals surface area contributed by atoms with Crippen LogP contribution < -0.4 is 5.73 Å². The van der Waals surface area contributed by atoms with Gasteiger partial charge in [-0.15, -0.1) is 12.4 Å². The number of halogens is 1. The van der Waals surface area contributed by atoms with E-state index >= 15 is 0 Å². The molecule has 1 saturated carbocycles. The normalized spacial score (nSPS) is 13.5. The number of hydrogen-bond acceptors (Lipinski definition) is 3. The van der Waals surface area contributed by atoms with Gasteiger partial charge in [-0.1, -0.05) is 18.2 Å². The highest BCUT2D eigenvalue weighted by atomic mass is 35.5. The van der Waals surface area contributed by atoms with Crippen molar-refractivity contribution in [2.75, 3.05) is 0 Å². The molecule has 23 heavy (non-hydrogen) atoms. The molecule has 0 spiro atoms. The summed E-state index contributed by atoms with van der Waals surface area (Å²) in [6.07, 6.45) is 3.68. The molecule has 124 valence electrons. The third-order valence-corrected chi connectivity index (χ3v) is 4.27. The number of furan rings is 1. The molecule has 1 fully saturated rings. The molecule has 1 aromatic heterocycles. The van der Waals surface area contributed by atoms with Crippen LogP contribution in [0.25, 0.3) is 0 Å². The second-order valence-electron chi connectivity index (χ2n) is 6.09. The third-order valence-electron chi connectivity index (χ3n) is 4.27. The van der Waals surface area contributed by atoms with E-state index in [4.69, 9.17) is 10.2 Å². The summed E-state index contributed by atoms with van der Waals surface area (Å²) in [5, 5.41) is 0. The van der Waals surface area contributed by atoms with E-state index in [2.05, 4.69) is 32.0 Å². The summed E-state index contributed by atoms with van der Waals surface area (Å²) in [7, 11) is 0. The minimum atomic E-state index is 0. The Bertz CT molecular complexity index is 692. The lowest BCUT2D eigenvalue weighted by Crippen LogP contribution is -2.32. The first-order chi connectivity index (χ1) is 10.6. The fraction of sp³-hybridized carbons (Fsp3) is 0.389. The number of benzene rings is 1. The Morgan fingerprint density at radius 1 is 1.26 bits per heavy atom. The van der Waals surface area contributed by atoms with Gasteiger partial charge in [-0.2, -0.15) is 0 Å². The maximum atomic E-state index is 12.7. The molecular weight excluding hydrogens is 312 g/mol. The van der Waals surface area contributed by atoms with Crippen LogP contribution in [0.4, 0.5) is 0 Å². The van der Waals surface area contributed by atoms with Crippen molar-refractivity contribution in [3.8, 4) is 0 Å². The van der Waals surface area contributed by atoms with Gasteiger partial charge in [0, 0.05) is 12.6 Å². The zero-order valence-corrected chi connectivity index (χ0v) is 14.4. The van der Waals surface area contributed by atoms with Crippen LogP contribution >= 0.6 is 12.4 Å². The maximum Gasteiger partial charge on any atom is 0.257 e. The Morgan fingerprint density at radius 3 is 2.57 bits per heavy atom. The minimum Gasteiger partial charge on any atom is -0.467 e. The predicted molar refractivity (Wildman–Crippen MR) is 92.7 cm³/mol. The van der Waals surface area contributed by atoms with Crippen molar-refractivity contribution in [3.63, 3.8) is 0 Å². The second kappa shape index (κ2) is 7.20. The van der Waals surface area contributed by atoms with E-state index in [0.717, 1.165) is 12.8 Å². The van der Waals surface area contributed by atoms with Gasteiger partial charge < -0.3 is 15.1 Å². The van der Waals surface area contributed by atoms with Gasteiger partial charge in [0.05, 0.1) is 12.1 Å². The molecule has 0 atom stereocenters. The van der Waals surface area contributed by atoms with E-state index in [-0.39, 0.29) is 18.3 Å². The van der Waals surface area contributed by atoms with E-state index in [1.54, 1.807) is 6.07 Å². The molecule has 1 aliphatic rings. The van der Waals surface area contributed by atoms with Crippen LogP contribution in [-0.4, -0.2) is 16.8 Å². The van der Waals surface area contributed by atoms with Crippen LogP contribution in [0.2, 0.25) is 0 Å². The Kier molecular flexibility index (Phi) is 5.50. The van der Waals surface area contributed by atoms with Gasteiger partial charge in [-0.25, -0.2) is 0 Å². The van der Waals surface area contributed by atoms with Crippen molar-refractivity contribution in [1.29, 1.82) is 0 Å². The molecule has 0 unspecified atom stereocenters. The summed E-state index contributed by atoms with van der Waals surface area (Å²) >= 11 is 0. The predicted octanol–water partition coefficient (Wildman–Crippen LogP) is 3.58. The fourth-order valence-corrected chi connectivity index (χ4v) is 2.62. The molecule has 4 nitrogen and oxygen atoms in total. The molecule has 5 heteroatoms. The number of nitrogens with two attached hydrogens (primary N) is 1. The highest BCUT2D eigenvalue weighted by molar-refractivity contribution is 5.94. The van der Waals surface area contributed by atoms with Crippen LogP contribution in [-0.2, 0) is 13.1 Å². The summed E-state index contributed by atoms with van der Waals surface area (Å²) in [6, 6.07) is 8.48. The molecule has 2 aromatic rings. The second-order valence-corrected chi connectivity index (χ2v) is 6.09. The van der Waals surface area contributed by atoms with Crippen molar-refractivity contribution < 1.29 is 9.21 Å². The first-order valence-corrected chi connectivity index (χ1v) is 7.73. The van der Waals surface area contributed by atoms with Crippen LogP contribution in [0.3, 0.4) is 0 Å². The number of carbonyl (C=O) groups is 1. The average molecular weight is 335 g/mol. The Balaban J connectivity index is 0.00000192.